The van der Waals surface area contributed by atoms with Crippen molar-refractivity contribution >= 4 is 70.1 Å². The summed E-state index contributed by atoms with van der Waals surface area (Å²) in [5.41, 5.74) is 13.1. The van der Waals surface area contributed by atoms with Gasteiger partial charge >= 0.3 is 0 Å². The number of fused-ring (bicyclic) bond motifs is 5. The highest BCUT2D eigenvalue weighted by Gasteiger charge is 2.17. The molecule has 0 spiro atoms. The fourth-order valence-electron chi connectivity index (χ4n) is 8.65. The Morgan fingerprint density at radius 2 is 0.759 bits per heavy atom. The highest BCUT2D eigenvalue weighted by molar-refractivity contribution is 7.26. The van der Waals surface area contributed by atoms with Crippen LogP contribution < -0.4 is 4.90 Å². The zero-order valence-corrected chi connectivity index (χ0v) is 32.5. The molecule has 0 amide bonds. The molecule has 0 aliphatic rings. The highest BCUT2D eigenvalue weighted by atomic mass is 32.1. The zero-order valence-electron chi connectivity index (χ0n) is 31.7. The van der Waals surface area contributed by atoms with E-state index >= 15 is 0 Å². The minimum absolute atomic E-state index is 1.10. The normalized spacial score (nSPS) is 11.4. The molecule has 272 valence electrons. The summed E-state index contributed by atoms with van der Waals surface area (Å²) in [5.74, 6) is 0. The van der Waals surface area contributed by atoms with E-state index in [2.05, 4.69) is 229 Å². The van der Waals surface area contributed by atoms with Crippen LogP contribution in [0.25, 0.3) is 86.2 Å². The quantitative estimate of drug-likeness (QED) is 0.157. The number of anilines is 3. The molecule has 0 atom stereocenters. The molecule has 0 saturated heterocycles. The van der Waals surface area contributed by atoms with Crippen LogP contribution >= 0.6 is 11.3 Å². The van der Waals surface area contributed by atoms with Crippen LogP contribution in [0.1, 0.15) is 0 Å². The average Bonchev–Trinajstić information content (AvgIpc) is 3.69. The first kappa shape index (κ1) is 34.0. The topological polar surface area (TPSA) is 3.24 Å². The Hall–Kier alpha value is -7.26. The largest absolute Gasteiger partial charge is 0.310 e. The molecular formula is C56H37NS. The van der Waals surface area contributed by atoms with E-state index in [1.165, 1.54) is 86.2 Å². The van der Waals surface area contributed by atoms with E-state index in [9.17, 15) is 0 Å². The number of rotatable bonds is 7. The first-order valence-electron chi connectivity index (χ1n) is 19.8. The molecule has 11 rings (SSSR count). The molecule has 0 N–H and O–H groups in total. The Kier molecular flexibility index (Phi) is 8.42. The molecular weight excluding hydrogens is 719 g/mol. The van der Waals surface area contributed by atoms with Crippen molar-refractivity contribution < 1.29 is 0 Å². The van der Waals surface area contributed by atoms with Crippen LogP contribution in [-0.4, -0.2) is 0 Å². The third-order valence-corrected chi connectivity index (χ3v) is 12.7. The van der Waals surface area contributed by atoms with Crippen molar-refractivity contribution in [3.05, 3.63) is 224 Å². The Bertz CT molecular complexity index is 3270. The Balaban J connectivity index is 1.00. The summed E-state index contributed by atoms with van der Waals surface area (Å²) in [5, 5.41) is 7.66. The maximum atomic E-state index is 2.38. The number of nitrogens with zero attached hydrogens (tertiary/aromatic N) is 1. The van der Waals surface area contributed by atoms with E-state index in [0.29, 0.717) is 0 Å². The summed E-state index contributed by atoms with van der Waals surface area (Å²) in [6.07, 6.45) is 0. The van der Waals surface area contributed by atoms with E-state index in [4.69, 9.17) is 0 Å². The molecule has 1 heterocycles. The van der Waals surface area contributed by atoms with Crippen molar-refractivity contribution in [1.29, 1.82) is 0 Å². The van der Waals surface area contributed by atoms with Gasteiger partial charge in [-0.3, -0.25) is 0 Å². The van der Waals surface area contributed by atoms with Crippen LogP contribution in [0.4, 0.5) is 17.1 Å². The maximum Gasteiger partial charge on any atom is 0.0467 e. The molecule has 10 aromatic carbocycles. The summed E-state index contributed by atoms with van der Waals surface area (Å²) in [7, 11) is 0. The summed E-state index contributed by atoms with van der Waals surface area (Å²) < 4.78 is 2.65. The molecule has 0 aliphatic carbocycles. The van der Waals surface area contributed by atoms with E-state index in [0.717, 1.165) is 17.1 Å². The molecule has 58 heavy (non-hydrogen) atoms. The van der Waals surface area contributed by atoms with Gasteiger partial charge in [-0.2, -0.15) is 0 Å². The van der Waals surface area contributed by atoms with E-state index < -0.39 is 0 Å². The lowest BCUT2D eigenvalue weighted by atomic mass is 9.95. The Labute approximate surface area is 342 Å². The fourth-order valence-corrected chi connectivity index (χ4v) is 9.89. The second-order valence-corrected chi connectivity index (χ2v) is 15.9. The number of benzene rings is 10. The van der Waals surface area contributed by atoms with E-state index in [1.807, 2.05) is 11.3 Å². The number of thiophene rings is 1. The number of hydrogen-bond acceptors (Lipinski definition) is 2. The first-order chi connectivity index (χ1) is 28.7. The van der Waals surface area contributed by atoms with Gasteiger partial charge in [0.1, 0.15) is 0 Å². The van der Waals surface area contributed by atoms with Gasteiger partial charge in [0, 0.05) is 37.2 Å². The first-order valence-corrected chi connectivity index (χ1v) is 20.6. The van der Waals surface area contributed by atoms with E-state index in [1.54, 1.807) is 0 Å². The molecule has 0 radical (unpaired) electrons. The molecule has 0 saturated carbocycles. The summed E-state index contributed by atoms with van der Waals surface area (Å²) in [6, 6.07) is 81.9. The van der Waals surface area contributed by atoms with Crippen LogP contribution in [0.3, 0.4) is 0 Å². The van der Waals surface area contributed by atoms with Crippen LogP contribution in [0, 0.1) is 0 Å². The van der Waals surface area contributed by atoms with Gasteiger partial charge in [-0.05, 0) is 115 Å². The summed E-state index contributed by atoms with van der Waals surface area (Å²) in [6.45, 7) is 0. The molecule has 0 aliphatic heterocycles. The third kappa shape index (κ3) is 6.03. The second-order valence-electron chi connectivity index (χ2n) is 14.9. The van der Waals surface area contributed by atoms with Crippen molar-refractivity contribution in [2.75, 3.05) is 4.90 Å². The van der Waals surface area contributed by atoms with Gasteiger partial charge in [-0.1, -0.05) is 176 Å². The molecule has 11 aromatic rings. The lowest BCUT2D eigenvalue weighted by Crippen LogP contribution is -2.10. The van der Waals surface area contributed by atoms with Crippen molar-refractivity contribution in [2.24, 2.45) is 0 Å². The SMILES string of the molecule is c1cc(-c2ccc(N(c3ccc(-c4cccc5c4sc4ccccc45)cc3)c3cccc(-c4cccc5ccccc45)c3)cc2)cc(-c2cccc3ccccc23)c1. The minimum Gasteiger partial charge on any atom is -0.310 e. The Morgan fingerprint density at radius 1 is 0.276 bits per heavy atom. The van der Waals surface area contributed by atoms with Crippen molar-refractivity contribution in [2.45, 2.75) is 0 Å². The predicted molar refractivity (Wildman–Crippen MR) is 251 cm³/mol. The summed E-state index contributed by atoms with van der Waals surface area (Å²) in [4.78, 5) is 2.38. The lowest BCUT2D eigenvalue weighted by molar-refractivity contribution is 1.28. The molecule has 0 bridgehead atoms. The number of hydrogen-bond donors (Lipinski definition) is 0. The van der Waals surface area contributed by atoms with Gasteiger partial charge < -0.3 is 4.90 Å². The van der Waals surface area contributed by atoms with Crippen molar-refractivity contribution in [3.63, 3.8) is 0 Å². The molecule has 1 nitrogen and oxygen atoms in total. The van der Waals surface area contributed by atoms with E-state index in [-0.39, 0.29) is 0 Å². The average molecular weight is 756 g/mol. The van der Waals surface area contributed by atoms with Crippen LogP contribution in [-0.2, 0) is 0 Å². The van der Waals surface area contributed by atoms with Gasteiger partial charge in [0.2, 0.25) is 0 Å². The molecule has 2 heteroatoms. The monoisotopic (exact) mass is 755 g/mol. The second kappa shape index (κ2) is 14.4. The van der Waals surface area contributed by atoms with Gasteiger partial charge in [0.15, 0.2) is 0 Å². The molecule has 0 fully saturated rings. The highest BCUT2D eigenvalue weighted by Crippen LogP contribution is 2.43. The lowest BCUT2D eigenvalue weighted by Gasteiger charge is -2.26. The van der Waals surface area contributed by atoms with Gasteiger partial charge in [0.05, 0.1) is 0 Å². The van der Waals surface area contributed by atoms with Crippen LogP contribution in [0.15, 0.2) is 224 Å². The zero-order chi connectivity index (χ0) is 38.4. The summed E-state index contributed by atoms with van der Waals surface area (Å²) >= 11 is 1.88. The van der Waals surface area contributed by atoms with Gasteiger partial charge in [-0.25, -0.2) is 0 Å². The minimum atomic E-state index is 1.10. The van der Waals surface area contributed by atoms with Crippen LogP contribution in [0.5, 0.6) is 0 Å². The Morgan fingerprint density at radius 3 is 1.45 bits per heavy atom. The fraction of sp³-hybridized carbons (Fsp3) is 0. The smallest absolute Gasteiger partial charge is 0.0467 e. The molecule has 0 unspecified atom stereocenters. The maximum absolute atomic E-state index is 2.38. The van der Waals surface area contributed by atoms with Gasteiger partial charge in [0.25, 0.3) is 0 Å². The third-order valence-electron chi connectivity index (χ3n) is 11.5. The standard InChI is InChI=1S/C56H37NS/c1-3-20-48-39(12-1)14-9-23-50(48)43-17-7-16-42(36-43)38-28-32-45(33-29-38)57(47-19-8-18-44(37-47)51-24-10-15-40-13-2-4-21-49(40)51)46-34-30-41(31-35-46)52-25-11-26-54-53-22-5-6-27-55(53)58-56(52)54/h1-37H. The van der Waals surface area contributed by atoms with Crippen molar-refractivity contribution in [3.8, 4) is 44.5 Å². The molecule has 1 aromatic heterocycles. The van der Waals surface area contributed by atoms with Gasteiger partial charge in [-0.15, -0.1) is 11.3 Å². The predicted octanol–water partition coefficient (Wildman–Crippen LogP) is 16.5. The van der Waals surface area contributed by atoms with Crippen LogP contribution in [0.2, 0.25) is 0 Å². The van der Waals surface area contributed by atoms with Crippen molar-refractivity contribution in [1.82, 2.24) is 0 Å².